The molecule has 0 heterocycles. The van der Waals surface area contributed by atoms with Crippen molar-refractivity contribution in [2.45, 2.75) is 270 Å². The number of allylic oxidation sites excluding steroid dienone is 7. The Balaban J connectivity index is 4.21. The number of aliphatic hydroxyl groups is 1. The van der Waals surface area contributed by atoms with Crippen molar-refractivity contribution in [1.29, 1.82) is 0 Å². The number of phosphoric acid groups is 1. The van der Waals surface area contributed by atoms with E-state index in [4.69, 9.17) is 9.05 Å². The van der Waals surface area contributed by atoms with Gasteiger partial charge in [-0.3, -0.25) is 13.8 Å². The van der Waals surface area contributed by atoms with Crippen LogP contribution in [0.4, 0.5) is 0 Å². The molecule has 9 heteroatoms. The van der Waals surface area contributed by atoms with Gasteiger partial charge in [0.25, 0.3) is 0 Å². The average Bonchev–Trinajstić information content (AvgIpc) is 3.28. The van der Waals surface area contributed by atoms with Crippen LogP contribution in [0, 0.1) is 0 Å². The highest BCUT2D eigenvalue weighted by molar-refractivity contribution is 7.47. The highest BCUT2D eigenvalue weighted by Gasteiger charge is 2.27. The first-order chi connectivity index (χ1) is 32.0. The molecule has 3 atom stereocenters. The van der Waals surface area contributed by atoms with Crippen molar-refractivity contribution in [3.05, 3.63) is 48.6 Å². The second-order valence-electron chi connectivity index (χ2n) is 20.3. The van der Waals surface area contributed by atoms with E-state index in [0.717, 1.165) is 44.9 Å². The molecule has 8 nitrogen and oxygen atoms in total. The monoisotopic (exact) mass is 950 g/mol. The number of rotatable bonds is 51. The van der Waals surface area contributed by atoms with Crippen LogP contribution < -0.4 is 5.32 Å². The van der Waals surface area contributed by atoms with Gasteiger partial charge >= 0.3 is 7.82 Å². The zero-order valence-corrected chi connectivity index (χ0v) is 45.1. The third kappa shape index (κ3) is 50.3. The van der Waals surface area contributed by atoms with Crippen molar-refractivity contribution in [3.63, 3.8) is 0 Å². The lowest BCUT2D eigenvalue weighted by Crippen LogP contribution is -2.45. The maximum atomic E-state index is 13.0. The van der Waals surface area contributed by atoms with E-state index in [2.05, 4.69) is 55.6 Å². The van der Waals surface area contributed by atoms with Crippen LogP contribution in [0.25, 0.3) is 0 Å². The summed E-state index contributed by atoms with van der Waals surface area (Å²) in [5.41, 5.74) is 0. The fourth-order valence-corrected chi connectivity index (χ4v) is 8.82. The van der Waals surface area contributed by atoms with Gasteiger partial charge in [0.1, 0.15) is 13.2 Å². The Bertz CT molecular complexity index is 1210. The molecule has 3 N–H and O–H groups in total. The molecule has 0 saturated carbocycles. The molecule has 0 radical (unpaired) electrons. The number of quaternary nitrogens is 1. The number of carbonyl (C=O) groups excluding carboxylic acids is 1. The van der Waals surface area contributed by atoms with E-state index in [0.29, 0.717) is 17.4 Å². The second kappa shape index (κ2) is 48.5. The number of carbonyl (C=O) groups is 1. The minimum Gasteiger partial charge on any atom is -0.387 e. The summed E-state index contributed by atoms with van der Waals surface area (Å²) in [5.74, 6) is -0.185. The van der Waals surface area contributed by atoms with Crippen LogP contribution in [0.3, 0.4) is 0 Å². The summed E-state index contributed by atoms with van der Waals surface area (Å²) in [4.78, 5) is 23.3. The van der Waals surface area contributed by atoms with Crippen LogP contribution in [0.15, 0.2) is 48.6 Å². The number of phosphoric ester groups is 1. The van der Waals surface area contributed by atoms with E-state index in [1.165, 1.54) is 193 Å². The number of hydrogen-bond donors (Lipinski definition) is 3. The summed E-state index contributed by atoms with van der Waals surface area (Å²) < 4.78 is 23.7. The van der Waals surface area contributed by atoms with Gasteiger partial charge in [-0.1, -0.05) is 236 Å². The lowest BCUT2D eigenvalue weighted by atomic mass is 10.0. The molecule has 66 heavy (non-hydrogen) atoms. The van der Waals surface area contributed by atoms with Gasteiger partial charge < -0.3 is 19.8 Å². The number of nitrogens with one attached hydrogen (secondary N) is 1. The second-order valence-corrected chi connectivity index (χ2v) is 21.8. The van der Waals surface area contributed by atoms with Crippen molar-refractivity contribution in [1.82, 2.24) is 5.32 Å². The third-order valence-corrected chi connectivity index (χ3v) is 13.5. The molecule has 0 aromatic carbocycles. The predicted octanol–water partition coefficient (Wildman–Crippen LogP) is 16.8. The highest BCUT2D eigenvalue weighted by Crippen LogP contribution is 2.43. The van der Waals surface area contributed by atoms with E-state index < -0.39 is 20.0 Å². The Morgan fingerprint density at radius 2 is 0.879 bits per heavy atom. The molecular weight excluding hydrogens is 840 g/mol. The molecule has 0 rings (SSSR count). The average molecular weight is 950 g/mol. The molecule has 0 spiro atoms. The quantitative estimate of drug-likeness (QED) is 0.0243. The summed E-state index contributed by atoms with van der Waals surface area (Å²) in [7, 11) is 1.56. The lowest BCUT2D eigenvalue weighted by Gasteiger charge is -2.25. The fourth-order valence-electron chi connectivity index (χ4n) is 8.09. The summed E-state index contributed by atoms with van der Waals surface area (Å²) in [6.07, 6.45) is 63.5. The van der Waals surface area contributed by atoms with Gasteiger partial charge in [0.05, 0.1) is 39.9 Å². The third-order valence-electron chi connectivity index (χ3n) is 12.5. The number of hydrogen-bond acceptors (Lipinski definition) is 5. The maximum absolute atomic E-state index is 13.0. The number of amides is 1. The van der Waals surface area contributed by atoms with Gasteiger partial charge in [-0.15, -0.1) is 0 Å². The Labute approximate surface area is 409 Å². The van der Waals surface area contributed by atoms with Crippen LogP contribution in [0.2, 0.25) is 0 Å². The molecule has 3 unspecified atom stereocenters. The number of likely N-dealkylation sites (N-methyl/N-ethyl adjacent to an activating group) is 1. The van der Waals surface area contributed by atoms with Crippen LogP contribution in [0.1, 0.15) is 258 Å². The SMILES string of the molecule is CCCCCCC/C=C\C/C=C\CCCCCCCCCCCCCCCCCC(=O)NC(COP(=O)(O)OCC[N+](C)(C)C)C(O)/C=C/CC/C=C/CCCCCCCCCCCCC. The van der Waals surface area contributed by atoms with Gasteiger partial charge in [0, 0.05) is 6.42 Å². The van der Waals surface area contributed by atoms with Crippen LogP contribution in [-0.2, 0) is 18.4 Å². The summed E-state index contributed by atoms with van der Waals surface area (Å²) in [5, 5.41) is 13.9. The molecule has 0 saturated heterocycles. The molecule has 0 aliphatic rings. The van der Waals surface area contributed by atoms with E-state index >= 15 is 0 Å². The van der Waals surface area contributed by atoms with E-state index in [-0.39, 0.29) is 19.1 Å². The minimum atomic E-state index is -4.35. The van der Waals surface area contributed by atoms with E-state index in [1.807, 2.05) is 27.2 Å². The van der Waals surface area contributed by atoms with E-state index in [1.54, 1.807) is 6.08 Å². The molecule has 0 aliphatic carbocycles. The molecule has 0 aliphatic heterocycles. The van der Waals surface area contributed by atoms with Crippen LogP contribution in [0.5, 0.6) is 0 Å². The number of nitrogens with zero attached hydrogens (tertiary/aromatic N) is 1. The zero-order valence-electron chi connectivity index (χ0n) is 44.2. The molecule has 0 fully saturated rings. The normalized spacial score (nSPS) is 14.3. The Morgan fingerprint density at radius 3 is 1.30 bits per heavy atom. The smallest absolute Gasteiger partial charge is 0.387 e. The maximum Gasteiger partial charge on any atom is 0.472 e. The van der Waals surface area contributed by atoms with Crippen molar-refractivity contribution >= 4 is 13.7 Å². The highest BCUT2D eigenvalue weighted by atomic mass is 31.2. The van der Waals surface area contributed by atoms with Gasteiger partial charge in [0.15, 0.2) is 0 Å². The predicted molar refractivity (Wildman–Crippen MR) is 286 cm³/mol. The number of aliphatic hydroxyl groups excluding tert-OH is 1. The fraction of sp³-hybridized carbons (Fsp3) is 0.842. The van der Waals surface area contributed by atoms with Crippen LogP contribution in [-0.4, -0.2) is 73.4 Å². The molecule has 0 aromatic rings. The standard InChI is InChI=1S/C57H109N2O6P/c1-6-8-10-12-14-16-18-20-22-24-25-26-27-28-29-30-31-32-33-35-37-39-41-43-45-47-49-51-57(61)58-55(54-65-66(62,63)64-53-52-59(3,4)5)56(60)50-48-46-44-42-40-38-36-34-23-21-19-17-15-13-11-9-7-2/h18,20,24-25,40,42,48,50,55-56,60H,6-17,19,21-23,26-39,41,43-47,49,51-54H2,1-5H3,(H-,58,61,62,63)/p+1/b20-18-,25-24-,42-40+,50-48+. The first-order valence-electron chi connectivity index (χ1n) is 28.0. The van der Waals surface area contributed by atoms with Crippen molar-refractivity contribution in [2.24, 2.45) is 0 Å². The lowest BCUT2D eigenvalue weighted by molar-refractivity contribution is -0.870. The largest absolute Gasteiger partial charge is 0.472 e. The van der Waals surface area contributed by atoms with Crippen molar-refractivity contribution in [2.75, 3.05) is 40.9 Å². The first kappa shape index (κ1) is 64.5. The van der Waals surface area contributed by atoms with Gasteiger partial charge in [0.2, 0.25) is 5.91 Å². The Morgan fingerprint density at radius 1 is 0.515 bits per heavy atom. The molecule has 388 valence electrons. The Hall–Kier alpha value is -1.54. The van der Waals surface area contributed by atoms with Crippen LogP contribution >= 0.6 is 7.82 Å². The van der Waals surface area contributed by atoms with Gasteiger partial charge in [-0.25, -0.2) is 4.57 Å². The van der Waals surface area contributed by atoms with E-state index in [9.17, 15) is 19.4 Å². The molecule has 1 amide bonds. The van der Waals surface area contributed by atoms with Gasteiger partial charge in [-0.05, 0) is 64.2 Å². The molecule has 0 aromatic heterocycles. The number of unbranched alkanes of at least 4 members (excludes halogenated alkanes) is 32. The topological polar surface area (TPSA) is 105 Å². The van der Waals surface area contributed by atoms with Gasteiger partial charge in [-0.2, -0.15) is 0 Å². The first-order valence-corrected chi connectivity index (χ1v) is 29.5. The zero-order chi connectivity index (χ0) is 48.5. The van der Waals surface area contributed by atoms with Crippen molar-refractivity contribution < 1.29 is 32.9 Å². The summed E-state index contributed by atoms with van der Waals surface area (Å²) in [6.45, 7) is 4.80. The molecular formula is C57H110N2O6P+. The van der Waals surface area contributed by atoms with Crippen molar-refractivity contribution in [3.8, 4) is 0 Å². The summed E-state index contributed by atoms with van der Waals surface area (Å²) in [6, 6.07) is -0.863. The summed E-state index contributed by atoms with van der Waals surface area (Å²) >= 11 is 0. The molecule has 0 bridgehead atoms. The Kier molecular flexibility index (Phi) is 47.4. The minimum absolute atomic E-state index is 0.0561.